The Morgan fingerprint density at radius 3 is 1.50 bits per heavy atom. The van der Waals surface area contributed by atoms with E-state index >= 15 is 0 Å². The van der Waals surface area contributed by atoms with Gasteiger partial charge in [-0.25, -0.2) is 4.99 Å². The van der Waals surface area contributed by atoms with E-state index in [2.05, 4.69) is 4.74 Å². The minimum absolute atomic E-state index is 0.479. The van der Waals surface area contributed by atoms with Crippen LogP contribution < -0.4 is 10.9 Å². The molecule has 0 spiro atoms. The van der Waals surface area contributed by atoms with Crippen LogP contribution in [0, 0.1) is 0 Å². The smallest absolute Gasteiger partial charge is 0.307 e. The van der Waals surface area contributed by atoms with E-state index in [0.717, 1.165) is 5.43 Å². The first-order chi connectivity index (χ1) is 11.2. The fraction of sp³-hybridized carbons (Fsp3) is 0.778. The minimum Gasteiger partial charge on any atom is -0.307 e. The highest BCUT2D eigenvalue weighted by molar-refractivity contribution is 5.95. The number of amidine groups is 1. The number of halogens is 12. The predicted octanol–water partition coefficient (Wildman–Crippen LogP) is 2.74. The fourth-order valence-electron chi connectivity index (χ4n) is 1.74. The molecule has 17 heteroatoms. The molecule has 26 heavy (non-hydrogen) atoms. The van der Waals surface area contributed by atoms with Crippen molar-refractivity contribution in [2.45, 2.75) is 43.0 Å². The maximum atomic E-state index is 13.0. The molecule has 1 heterocycles. The lowest BCUT2D eigenvalue weighted by Crippen LogP contribution is -2.69. The summed E-state index contributed by atoms with van der Waals surface area (Å²) in [6.07, 6.45) is -27.5. The molecule has 0 aromatic carbocycles. The summed E-state index contributed by atoms with van der Waals surface area (Å²) in [4.78, 5) is 12.1. The second kappa shape index (κ2) is 5.78. The van der Waals surface area contributed by atoms with Crippen LogP contribution in [0.4, 0.5) is 52.7 Å². The summed E-state index contributed by atoms with van der Waals surface area (Å²) in [5.41, 5.74) is -10.7. The lowest BCUT2D eigenvalue weighted by molar-refractivity contribution is -0.438. The lowest BCUT2D eigenvalue weighted by Gasteiger charge is -2.37. The second-order valence-electron chi connectivity index (χ2n) is 4.68. The van der Waals surface area contributed by atoms with E-state index in [-0.39, 0.29) is 0 Å². The molecule has 1 aliphatic heterocycles. The summed E-state index contributed by atoms with van der Waals surface area (Å²) in [6, 6.07) is 0. The van der Waals surface area contributed by atoms with Crippen LogP contribution in [0.2, 0.25) is 0 Å². The first-order valence-corrected chi connectivity index (χ1v) is 5.83. The maximum absolute atomic E-state index is 13.0. The van der Waals surface area contributed by atoms with E-state index in [1.54, 1.807) is 0 Å². The number of carbonyl (C=O) groups excluding carboxylic acids is 1. The summed E-state index contributed by atoms with van der Waals surface area (Å²) < 4.78 is 157. The molecule has 0 atom stereocenters. The third-order valence-electron chi connectivity index (χ3n) is 2.83. The van der Waals surface area contributed by atoms with Crippen molar-refractivity contribution in [1.82, 2.24) is 10.9 Å². The molecule has 0 saturated carbocycles. The van der Waals surface area contributed by atoms with Crippen molar-refractivity contribution in [3.63, 3.8) is 0 Å². The summed E-state index contributed by atoms with van der Waals surface area (Å²) in [6.45, 7) is 0.479. The average molecular weight is 415 g/mol. The summed E-state index contributed by atoms with van der Waals surface area (Å²) in [5, 5.41) is 0. The number of hydrazine groups is 1. The number of hydrogen-bond donors (Lipinski definition) is 2. The Balaban J connectivity index is 3.83. The third kappa shape index (κ3) is 3.11. The van der Waals surface area contributed by atoms with Crippen LogP contribution in [-0.4, -0.2) is 47.8 Å². The van der Waals surface area contributed by atoms with Gasteiger partial charge in [0.15, 0.2) is 5.84 Å². The van der Waals surface area contributed by atoms with Gasteiger partial charge in [0.2, 0.25) is 5.91 Å². The number of carbonyl (C=O) groups is 1. The molecule has 0 saturated heterocycles. The Hall–Kier alpha value is -1.94. The Kier molecular flexibility index (Phi) is 4.91. The van der Waals surface area contributed by atoms with Crippen LogP contribution in [-0.2, 0) is 9.53 Å². The van der Waals surface area contributed by atoms with Crippen molar-refractivity contribution in [3.05, 3.63) is 0 Å². The molecule has 1 aliphatic rings. The molecule has 0 aromatic heterocycles. The highest BCUT2D eigenvalue weighted by Crippen LogP contribution is 2.59. The lowest BCUT2D eigenvalue weighted by atomic mass is 10.0. The molecule has 0 radical (unpaired) electrons. The highest BCUT2D eigenvalue weighted by atomic mass is 19.4. The van der Waals surface area contributed by atoms with E-state index in [1.807, 2.05) is 0 Å². The molecule has 5 nitrogen and oxygen atoms in total. The molecule has 0 unspecified atom stereocenters. The molecule has 0 aliphatic carbocycles. The SMILES string of the molecule is CC(=O)NNC1=NC(C(F)(F)F)(C(F)(F)F)OC1(C(F)(F)F)C(F)(F)F. The van der Waals surface area contributed by atoms with Crippen LogP contribution in [0.1, 0.15) is 6.92 Å². The van der Waals surface area contributed by atoms with Gasteiger partial charge in [-0.15, -0.1) is 0 Å². The van der Waals surface area contributed by atoms with Crippen molar-refractivity contribution in [2.24, 2.45) is 4.99 Å². The Morgan fingerprint density at radius 2 is 1.23 bits per heavy atom. The van der Waals surface area contributed by atoms with Crippen molar-refractivity contribution in [3.8, 4) is 0 Å². The van der Waals surface area contributed by atoms with Crippen LogP contribution in [0.3, 0.4) is 0 Å². The Labute approximate surface area is 134 Å². The van der Waals surface area contributed by atoms with Crippen LogP contribution >= 0.6 is 0 Å². The van der Waals surface area contributed by atoms with Crippen LogP contribution in [0.15, 0.2) is 4.99 Å². The zero-order chi connectivity index (χ0) is 21.0. The molecule has 0 bridgehead atoms. The number of hydrogen-bond acceptors (Lipinski definition) is 4. The molecule has 1 rings (SSSR count). The monoisotopic (exact) mass is 415 g/mol. The number of rotatable bonds is 0. The fourth-order valence-corrected chi connectivity index (χ4v) is 1.74. The predicted molar refractivity (Wildman–Crippen MR) is 55.2 cm³/mol. The van der Waals surface area contributed by atoms with Crippen LogP contribution in [0.5, 0.6) is 0 Å². The van der Waals surface area contributed by atoms with Gasteiger partial charge in [-0.3, -0.25) is 15.6 Å². The highest BCUT2D eigenvalue weighted by Gasteiger charge is 2.88. The Bertz CT molecular complexity index is 571. The molecular weight excluding hydrogens is 410 g/mol. The van der Waals surface area contributed by atoms with Gasteiger partial charge in [-0.05, 0) is 0 Å². The normalized spacial score (nSPS) is 20.6. The van der Waals surface area contributed by atoms with Gasteiger partial charge in [0.05, 0.1) is 0 Å². The topological polar surface area (TPSA) is 62.7 Å². The van der Waals surface area contributed by atoms with Crippen molar-refractivity contribution < 1.29 is 62.2 Å². The molecule has 152 valence electrons. The van der Waals surface area contributed by atoms with E-state index in [9.17, 15) is 57.5 Å². The first-order valence-electron chi connectivity index (χ1n) is 5.83. The van der Waals surface area contributed by atoms with E-state index in [0.29, 0.717) is 12.3 Å². The van der Waals surface area contributed by atoms with Gasteiger partial charge in [0.1, 0.15) is 0 Å². The zero-order valence-electron chi connectivity index (χ0n) is 11.8. The average Bonchev–Trinajstić information content (AvgIpc) is 2.71. The van der Waals surface area contributed by atoms with Gasteiger partial charge in [-0.2, -0.15) is 52.7 Å². The molecule has 0 aromatic rings. The number of alkyl halides is 12. The van der Waals surface area contributed by atoms with E-state index in [4.69, 9.17) is 0 Å². The minimum atomic E-state index is -6.88. The summed E-state index contributed by atoms with van der Waals surface area (Å²) >= 11 is 0. The van der Waals surface area contributed by atoms with Gasteiger partial charge >= 0.3 is 36.0 Å². The summed E-state index contributed by atoms with van der Waals surface area (Å²) in [7, 11) is 0. The maximum Gasteiger partial charge on any atom is 0.448 e. The largest absolute Gasteiger partial charge is 0.448 e. The number of nitrogens with one attached hydrogen (secondary N) is 2. The number of nitrogens with zero attached hydrogens (tertiary/aromatic N) is 1. The van der Waals surface area contributed by atoms with Crippen molar-refractivity contribution in [1.29, 1.82) is 0 Å². The third-order valence-corrected chi connectivity index (χ3v) is 2.83. The zero-order valence-corrected chi connectivity index (χ0v) is 11.8. The van der Waals surface area contributed by atoms with E-state index in [1.165, 1.54) is 4.99 Å². The number of amides is 1. The van der Waals surface area contributed by atoms with Gasteiger partial charge in [-0.1, -0.05) is 0 Å². The standard InChI is InChI=1S/C9H5F12N3O2/c1-2(25)23-24-3-4(6(10,11)12,7(13,14)15)26-5(22-3,8(16,17)18)9(19,20)21/h1H3,(H,22,24)(H,23,25). The second-order valence-corrected chi connectivity index (χ2v) is 4.68. The van der Waals surface area contributed by atoms with Crippen molar-refractivity contribution in [2.75, 3.05) is 0 Å². The number of aliphatic imine (C=N–C) groups is 1. The first kappa shape index (κ1) is 22.1. The number of ether oxygens (including phenoxy) is 1. The summed E-state index contributed by atoms with van der Waals surface area (Å²) in [5.74, 6) is -4.45. The molecule has 2 N–H and O–H groups in total. The molecule has 0 fully saturated rings. The molecular formula is C9H5F12N3O2. The van der Waals surface area contributed by atoms with Crippen LogP contribution in [0.25, 0.3) is 0 Å². The van der Waals surface area contributed by atoms with Gasteiger partial charge in [0.25, 0.3) is 0 Å². The quantitative estimate of drug-likeness (QED) is 0.473. The van der Waals surface area contributed by atoms with Gasteiger partial charge in [0, 0.05) is 6.92 Å². The van der Waals surface area contributed by atoms with E-state index < -0.39 is 47.8 Å². The van der Waals surface area contributed by atoms with Gasteiger partial charge < -0.3 is 4.74 Å². The molecule has 1 amide bonds. The Morgan fingerprint density at radius 1 is 0.846 bits per heavy atom. The van der Waals surface area contributed by atoms with Crippen molar-refractivity contribution >= 4 is 11.7 Å².